The first kappa shape index (κ1) is 25.9. The molecule has 9 heteroatoms. The molecule has 200 valence electrons. The first-order valence-electron chi connectivity index (χ1n) is 13.3. The van der Waals surface area contributed by atoms with E-state index in [1.807, 2.05) is 29.8 Å². The number of anilines is 1. The second-order valence-electron chi connectivity index (χ2n) is 10.8. The molecule has 0 unspecified atom stereocenters. The zero-order valence-electron chi connectivity index (χ0n) is 23.2. The SMILES string of the molecule is CCC(C)(C)n1nnnc1[C@H](c1cc2c(C)ccc(C)c2[nH]c1=O)N1CCN(c2ccc(OC)cc2)CC1. The van der Waals surface area contributed by atoms with Crippen molar-refractivity contribution in [3.63, 3.8) is 0 Å². The predicted molar refractivity (Wildman–Crippen MR) is 150 cm³/mol. The molecule has 0 saturated carbocycles. The summed E-state index contributed by atoms with van der Waals surface area (Å²) >= 11 is 0. The number of nitrogens with zero attached hydrogens (tertiary/aromatic N) is 6. The minimum absolute atomic E-state index is 0.0994. The average molecular weight is 516 g/mol. The van der Waals surface area contributed by atoms with E-state index < -0.39 is 0 Å². The number of aryl methyl sites for hydroxylation is 2. The molecule has 3 heterocycles. The Morgan fingerprint density at radius 3 is 2.37 bits per heavy atom. The lowest BCUT2D eigenvalue weighted by Crippen LogP contribution is -2.49. The summed E-state index contributed by atoms with van der Waals surface area (Å²) in [7, 11) is 1.68. The van der Waals surface area contributed by atoms with Crippen LogP contribution in [0, 0.1) is 13.8 Å². The van der Waals surface area contributed by atoms with Gasteiger partial charge in [0.25, 0.3) is 5.56 Å². The van der Waals surface area contributed by atoms with Crippen molar-refractivity contribution in [3.05, 3.63) is 75.3 Å². The molecule has 1 saturated heterocycles. The number of methoxy groups -OCH3 is 1. The Morgan fingerprint density at radius 2 is 1.71 bits per heavy atom. The van der Waals surface area contributed by atoms with Gasteiger partial charge in [-0.3, -0.25) is 9.69 Å². The number of nitrogens with one attached hydrogen (secondary N) is 1. The average Bonchev–Trinajstić information content (AvgIpc) is 3.42. The van der Waals surface area contributed by atoms with Crippen LogP contribution >= 0.6 is 0 Å². The maximum absolute atomic E-state index is 13.7. The minimum atomic E-state index is -0.373. The van der Waals surface area contributed by atoms with Crippen molar-refractivity contribution in [2.75, 3.05) is 38.2 Å². The number of rotatable bonds is 7. The maximum Gasteiger partial charge on any atom is 0.253 e. The molecule has 38 heavy (non-hydrogen) atoms. The van der Waals surface area contributed by atoms with E-state index in [4.69, 9.17) is 4.74 Å². The van der Waals surface area contributed by atoms with Crippen LogP contribution in [0.25, 0.3) is 10.9 Å². The first-order valence-corrected chi connectivity index (χ1v) is 13.3. The molecule has 1 aliphatic heterocycles. The molecule has 1 fully saturated rings. The van der Waals surface area contributed by atoms with E-state index in [9.17, 15) is 4.79 Å². The maximum atomic E-state index is 13.7. The third-order valence-corrected chi connectivity index (χ3v) is 8.06. The highest BCUT2D eigenvalue weighted by molar-refractivity contribution is 5.85. The molecule has 0 radical (unpaired) electrons. The van der Waals surface area contributed by atoms with Crippen LogP contribution in [0.2, 0.25) is 0 Å². The number of benzene rings is 2. The van der Waals surface area contributed by atoms with E-state index in [-0.39, 0.29) is 17.1 Å². The predicted octanol–water partition coefficient (Wildman–Crippen LogP) is 4.20. The number of tetrazole rings is 1. The number of hydrogen-bond acceptors (Lipinski definition) is 7. The lowest BCUT2D eigenvalue weighted by atomic mass is 9.97. The van der Waals surface area contributed by atoms with E-state index in [1.54, 1.807) is 7.11 Å². The Morgan fingerprint density at radius 1 is 1.03 bits per heavy atom. The Balaban J connectivity index is 1.56. The van der Waals surface area contributed by atoms with Crippen LogP contribution < -0.4 is 15.2 Å². The molecule has 1 N–H and O–H groups in total. The third kappa shape index (κ3) is 4.67. The van der Waals surface area contributed by atoms with Crippen molar-refractivity contribution in [1.82, 2.24) is 30.1 Å². The first-order chi connectivity index (χ1) is 18.2. The molecule has 4 aromatic rings. The summed E-state index contributed by atoms with van der Waals surface area (Å²) in [6, 6.07) is 14.0. The number of hydrogen-bond donors (Lipinski definition) is 1. The largest absolute Gasteiger partial charge is 0.497 e. The smallest absolute Gasteiger partial charge is 0.253 e. The van der Waals surface area contributed by atoms with Crippen molar-refractivity contribution in [2.24, 2.45) is 0 Å². The van der Waals surface area contributed by atoms with Crippen molar-refractivity contribution in [1.29, 1.82) is 0 Å². The van der Waals surface area contributed by atoms with Gasteiger partial charge in [0.2, 0.25) is 0 Å². The molecule has 0 amide bonds. The fraction of sp³-hybridized carbons (Fsp3) is 0.448. The Hall–Kier alpha value is -3.72. The van der Waals surface area contributed by atoms with Gasteiger partial charge in [-0.15, -0.1) is 5.10 Å². The van der Waals surface area contributed by atoms with E-state index in [1.165, 1.54) is 0 Å². The number of ether oxygens (including phenoxy) is 1. The van der Waals surface area contributed by atoms with Crippen molar-refractivity contribution in [2.45, 2.75) is 52.6 Å². The topological polar surface area (TPSA) is 92.2 Å². The van der Waals surface area contributed by atoms with E-state index in [2.05, 4.69) is 82.3 Å². The summed E-state index contributed by atoms with van der Waals surface area (Å²) in [4.78, 5) is 21.6. The minimum Gasteiger partial charge on any atom is -0.497 e. The highest BCUT2D eigenvalue weighted by atomic mass is 16.5. The summed E-state index contributed by atoms with van der Waals surface area (Å²) in [6.45, 7) is 13.7. The number of aromatic nitrogens is 5. The molecular weight excluding hydrogens is 478 g/mol. The zero-order chi connectivity index (χ0) is 27.0. The van der Waals surface area contributed by atoms with Crippen molar-refractivity contribution >= 4 is 16.6 Å². The molecule has 1 atom stereocenters. The highest BCUT2D eigenvalue weighted by Gasteiger charge is 2.35. The normalized spacial score (nSPS) is 15.7. The third-order valence-electron chi connectivity index (χ3n) is 8.06. The summed E-state index contributed by atoms with van der Waals surface area (Å²) < 4.78 is 7.22. The van der Waals surface area contributed by atoms with Crippen LogP contribution in [0.1, 0.15) is 55.7 Å². The quantitative estimate of drug-likeness (QED) is 0.394. The van der Waals surface area contributed by atoms with Gasteiger partial charge in [-0.05, 0) is 86.0 Å². The molecule has 0 aliphatic carbocycles. The fourth-order valence-electron chi connectivity index (χ4n) is 5.27. The Kier molecular flexibility index (Phi) is 6.96. The second-order valence-corrected chi connectivity index (χ2v) is 10.8. The standard InChI is InChI=1S/C29H37N7O2/c1-7-29(4,5)36-27(31-32-33-36)26(24-18-23-19(2)8-9-20(3)25(23)30-28(24)37)35-16-14-34(15-17-35)21-10-12-22(38-6)13-11-21/h8-13,18,26H,7,14-17H2,1-6H3,(H,30,37)/t26-/m0/s1. The Bertz CT molecular complexity index is 1480. The number of H-pyrrole nitrogens is 1. The van der Waals surface area contributed by atoms with E-state index in [0.717, 1.165) is 66.1 Å². The van der Waals surface area contributed by atoms with Gasteiger partial charge in [-0.1, -0.05) is 19.1 Å². The summed E-state index contributed by atoms with van der Waals surface area (Å²) in [5.41, 5.74) is 4.50. The molecule has 5 rings (SSSR count). The van der Waals surface area contributed by atoms with Crippen molar-refractivity contribution < 1.29 is 4.74 Å². The second kappa shape index (κ2) is 10.2. The number of pyridine rings is 1. The molecule has 2 aromatic carbocycles. The van der Waals surface area contributed by atoms with Crippen LogP contribution in [-0.4, -0.2) is 63.4 Å². The highest BCUT2D eigenvalue weighted by Crippen LogP contribution is 2.33. The van der Waals surface area contributed by atoms with Crippen LogP contribution in [0.4, 0.5) is 5.69 Å². The Labute approximate surface area is 223 Å². The van der Waals surface area contributed by atoms with Crippen LogP contribution in [0.5, 0.6) is 5.75 Å². The molecule has 0 spiro atoms. The van der Waals surface area contributed by atoms with Gasteiger partial charge in [-0.2, -0.15) is 0 Å². The van der Waals surface area contributed by atoms with Gasteiger partial charge >= 0.3 is 0 Å². The summed E-state index contributed by atoms with van der Waals surface area (Å²) in [5, 5.41) is 14.0. The molecule has 1 aliphatic rings. The number of piperazine rings is 1. The van der Waals surface area contributed by atoms with Crippen LogP contribution in [0.3, 0.4) is 0 Å². The fourth-order valence-corrected chi connectivity index (χ4v) is 5.27. The van der Waals surface area contributed by atoms with E-state index in [0.29, 0.717) is 11.4 Å². The lowest BCUT2D eigenvalue weighted by molar-refractivity contribution is 0.186. The molecule has 2 aromatic heterocycles. The molecule has 9 nitrogen and oxygen atoms in total. The molecular formula is C29H37N7O2. The van der Waals surface area contributed by atoms with Gasteiger partial charge in [0.05, 0.1) is 18.2 Å². The number of fused-ring (bicyclic) bond motifs is 1. The number of aromatic amines is 1. The van der Waals surface area contributed by atoms with Crippen molar-refractivity contribution in [3.8, 4) is 5.75 Å². The summed E-state index contributed by atoms with van der Waals surface area (Å²) in [5.74, 6) is 1.55. The lowest BCUT2D eigenvalue weighted by Gasteiger charge is -2.40. The van der Waals surface area contributed by atoms with Crippen LogP contribution in [0.15, 0.2) is 47.3 Å². The van der Waals surface area contributed by atoms with Gasteiger partial charge in [0, 0.05) is 42.8 Å². The zero-order valence-corrected chi connectivity index (χ0v) is 23.2. The van der Waals surface area contributed by atoms with Gasteiger partial charge in [-0.25, -0.2) is 4.68 Å². The van der Waals surface area contributed by atoms with Crippen LogP contribution in [-0.2, 0) is 5.54 Å². The molecule has 0 bridgehead atoms. The van der Waals surface area contributed by atoms with Gasteiger partial charge in [0.1, 0.15) is 11.8 Å². The summed E-state index contributed by atoms with van der Waals surface area (Å²) in [6.07, 6.45) is 0.857. The van der Waals surface area contributed by atoms with Gasteiger partial charge in [0.15, 0.2) is 5.82 Å². The van der Waals surface area contributed by atoms with E-state index >= 15 is 0 Å². The van der Waals surface area contributed by atoms with Gasteiger partial charge < -0.3 is 14.6 Å². The monoisotopic (exact) mass is 515 g/mol.